The van der Waals surface area contributed by atoms with E-state index in [1.807, 2.05) is 60.7 Å². The SMILES string of the molecule is C[C@H](N=C1NS(=O)(=O)c2ccccc21)C(=O)N(Cc1ccccc1)Cc1ccccc1. The highest BCUT2D eigenvalue weighted by molar-refractivity contribution is 7.90. The third-order valence-corrected chi connectivity index (χ3v) is 6.48. The molecule has 0 saturated heterocycles. The molecule has 1 amide bonds. The van der Waals surface area contributed by atoms with Gasteiger partial charge in [0.1, 0.15) is 11.9 Å². The molecule has 1 aliphatic rings. The predicted octanol–water partition coefficient (Wildman–Crippen LogP) is 3.34. The van der Waals surface area contributed by atoms with Gasteiger partial charge in [0.25, 0.3) is 10.0 Å². The normalized spacial score (nSPS) is 16.4. The lowest BCUT2D eigenvalue weighted by atomic mass is 10.1. The Bertz CT molecular complexity index is 1170. The molecule has 0 fully saturated rings. The van der Waals surface area contributed by atoms with Crippen molar-refractivity contribution in [2.45, 2.75) is 31.0 Å². The molecule has 0 spiro atoms. The first kappa shape index (κ1) is 20.8. The standard InChI is InChI=1S/C24H23N3O3S/c1-18(25-23-21-14-8-9-15-22(21)31(29,30)26-23)24(28)27(16-19-10-4-2-5-11-19)17-20-12-6-3-7-13-20/h2-15,18H,16-17H2,1H3,(H,25,26)/t18-/m0/s1. The third-order valence-electron chi connectivity index (χ3n) is 5.09. The van der Waals surface area contributed by atoms with Crippen LogP contribution in [0, 0.1) is 0 Å². The molecule has 0 aliphatic carbocycles. The van der Waals surface area contributed by atoms with Crippen LogP contribution in [-0.2, 0) is 27.9 Å². The molecule has 0 unspecified atom stereocenters. The Morgan fingerprint density at radius 2 is 1.39 bits per heavy atom. The van der Waals surface area contributed by atoms with Crippen molar-refractivity contribution < 1.29 is 13.2 Å². The van der Waals surface area contributed by atoms with Crippen molar-refractivity contribution in [2.75, 3.05) is 0 Å². The molecule has 4 rings (SSSR count). The maximum Gasteiger partial charge on any atom is 0.263 e. The van der Waals surface area contributed by atoms with Crippen LogP contribution in [0.1, 0.15) is 23.6 Å². The predicted molar refractivity (Wildman–Crippen MR) is 120 cm³/mol. The number of benzene rings is 3. The average molecular weight is 434 g/mol. The second kappa shape index (κ2) is 8.73. The number of amidine groups is 1. The first-order chi connectivity index (χ1) is 14.9. The van der Waals surface area contributed by atoms with Crippen LogP contribution < -0.4 is 4.72 Å². The molecule has 0 radical (unpaired) electrons. The van der Waals surface area contributed by atoms with Crippen LogP contribution in [0.15, 0.2) is 94.8 Å². The van der Waals surface area contributed by atoms with Crippen LogP contribution in [0.2, 0.25) is 0 Å². The van der Waals surface area contributed by atoms with Crippen molar-refractivity contribution in [3.63, 3.8) is 0 Å². The summed E-state index contributed by atoms with van der Waals surface area (Å²) in [6, 6.07) is 25.4. The van der Waals surface area contributed by atoms with E-state index in [0.29, 0.717) is 18.7 Å². The zero-order chi connectivity index (χ0) is 21.8. The lowest BCUT2D eigenvalue weighted by Gasteiger charge is -2.25. The van der Waals surface area contributed by atoms with Crippen LogP contribution >= 0.6 is 0 Å². The number of nitrogens with zero attached hydrogens (tertiary/aromatic N) is 2. The van der Waals surface area contributed by atoms with Gasteiger partial charge in [0.2, 0.25) is 5.91 Å². The van der Waals surface area contributed by atoms with Gasteiger partial charge in [-0.05, 0) is 30.2 Å². The van der Waals surface area contributed by atoms with E-state index < -0.39 is 16.1 Å². The summed E-state index contributed by atoms with van der Waals surface area (Å²) < 4.78 is 27.2. The number of carbonyl (C=O) groups excluding carboxylic acids is 1. The van der Waals surface area contributed by atoms with E-state index in [1.165, 1.54) is 6.07 Å². The summed E-state index contributed by atoms with van der Waals surface area (Å²) in [5.74, 6) is 0.0274. The molecule has 1 atom stereocenters. The van der Waals surface area contributed by atoms with Gasteiger partial charge in [0, 0.05) is 18.7 Å². The van der Waals surface area contributed by atoms with Gasteiger partial charge in [0.05, 0.1) is 4.90 Å². The van der Waals surface area contributed by atoms with Gasteiger partial charge in [-0.25, -0.2) is 8.42 Å². The second-order valence-electron chi connectivity index (χ2n) is 7.42. The van der Waals surface area contributed by atoms with Crippen molar-refractivity contribution in [1.82, 2.24) is 9.62 Å². The molecule has 0 saturated carbocycles. The van der Waals surface area contributed by atoms with Gasteiger partial charge in [-0.2, -0.15) is 0 Å². The maximum atomic E-state index is 13.4. The zero-order valence-corrected chi connectivity index (χ0v) is 17.9. The summed E-state index contributed by atoms with van der Waals surface area (Å²) >= 11 is 0. The number of aliphatic imine (C=N–C) groups is 1. The van der Waals surface area contributed by atoms with Crippen LogP contribution in [0.25, 0.3) is 0 Å². The van der Waals surface area contributed by atoms with Crippen molar-refractivity contribution in [3.05, 3.63) is 102 Å². The first-order valence-electron chi connectivity index (χ1n) is 10.0. The highest BCUT2D eigenvalue weighted by Crippen LogP contribution is 2.23. The monoisotopic (exact) mass is 433 g/mol. The summed E-state index contributed by atoms with van der Waals surface area (Å²) in [6.07, 6.45) is 0. The number of hydrogen-bond donors (Lipinski definition) is 1. The highest BCUT2D eigenvalue weighted by Gasteiger charge is 2.31. The van der Waals surface area contributed by atoms with Gasteiger partial charge in [-0.3, -0.25) is 14.5 Å². The Balaban J connectivity index is 1.61. The minimum absolute atomic E-state index is 0.177. The van der Waals surface area contributed by atoms with Crippen molar-refractivity contribution >= 4 is 21.8 Å². The highest BCUT2D eigenvalue weighted by atomic mass is 32.2. The average Bonchev–Trinajstić information content (AvgIpc) is 3.04. The number of hydrogen-bond acceptors (Lipinski definition) is 4. The fourth-order valence-corrected chi connectivity index (χ4v) is 4.80. The Labute approximate surface area is 182 Å². The summed E-state index contributed by atoms with van der Waals surface area (Å²) in [5.41, 5.74) is 2.51. The smallest absolute Gasteiger partial charge is 0.263 e. The number of amides is 1. The number of rotatable bonds is 6. The fraction of sp³-hybridized carbons (Fsp3) is 0.167. The molecule has 1 heterocycles. The molecule has 0 aromatic heterocycles. The van der Waals surface area contributed by atoms with Gasteiger partial charge in [0.15, 0.2) is 0 Å². The van der Waals surface area contributed by atoms with E-state index in [0.717, 1.165) is 11.1 Å². The zero-order valence-electron chi connectivity index (χ0n) is 17.1. The Hall–Kier alpha value is -3.45. The molecule has 1 aliphatic heterocycles. The largest absolute Gasteiger partial charge is 0.332 e. The maximum absolute atomic E-state index is 13.4. The van der Waals surface area contributed by atoms with E-state index in [1.54, 1.807) is 30.0 Å². The quantitative estimate of drug-likeness (QED) is 0.648. The van der Waals surface area contributed by atoms with E-state index in [4.69, 9.17) is 0 Å². The molecule has 7 heteroatoms. The Morgan fingerprint density at radius 1 is 0.871 bits per heavy atom. The van der Waals surface area contributed by atoms with Gasteiger partial charge in [-0.1, -0.05) is 72.8 Å². The third kappa shape index (κ3) is 4.67. The molecule has 158 valence electrons. The molecular formula is C24H23N3O3S. The number of nitrogens with one attached hydrogen (secondary N) is 1. The minimum atomic E-state index is -3.65. The van der Waals surface area contributed by atoms with Crippen LogP contribution in [0.3, 0.4) is 0 Å². The molecule has 1 N–H and O–H groups in total. The molecule has 3 aromatic carbocycles. The minimum Gasteiger partial charge on any atom is -0.332 e. The number of fused-ring (bicyclic) bond motifs is 1. The number of carbonyl (C=O) groups is 1. The van der Waals surface area contributed by atoms with Crippen molar-refractivity contribution in [2.24, 2.45) is 4.99 Å². The lowest BCUT2D eigenvalue weighted by Crippen LogP contribution is -2.37. The van der Waals surface area contributed by atoms with E-state index in [-0.39, 0.29) is 16.6 Å². The van der Waals surface area contributed by atoms with E-state index in [2.05, 4.69) is 9.71 Å². The summed E-state index contributed by atoms with van der Waals surface area (Å²) in [4.78, 5) is 19.7. The summed E-state index contributed by atoms with van der Waals surface area (Å²) in [5, 5.41) is 0. The first-order valence-corrected chi connectivity index (χ1v) is 11.5. The topological polar surface area (TPSA) is 78.8 Å². The molecule has 0 bridgehead atoms. The lowest BCUT2D eigenvalue weighted by molar-refractivity contribution is -0.133. The van der Waals surface area contributed by atoms with Crippen LogP contribution in [0.4, 0.5) is 0 Å². The summed E-state index contributed by atoms with van der Waals surface area (Å²) in [6.45, 7) is 2.56. The second-order valence-corrected chi connectivity index (χ2v) is 9.07. The molecular weight excluding hydrogens is 410 g/mol. The van der Waals surface area contributed by atoms with Crippen LogP contribution in [-0.4, -0.2) is 31.1 Å². The van der Waals surface area contributed by atoms with Crippen LogP contribution in [0.5, 0.6) is 0 Å². The van der Waals surface area contributed by atoms with Gasteiger partial charge >= 0.3 is 0 Å². The Kier molecular flexibility index (Phi) is 5.86. The summed E-state index contributed by atoms with van der Waals surface area (Å²) in [7, 11) is -3.65. The molecule has 3 aromatic rings. The number of sulfonamides is 1. The Morgan fingerprint density at radius 3 is 1.97 bits per heavy atom. The van der Waals surface area contributed by atoms with Gasteiger partial charge < -0.3 is 4.90 Å². The molecule has 6 nitrogen and oxygen atoms in total. The van der Waals surface area contributed by atoms with Crippen molar-refractivity contribution in [1.29, 1.82) is 0 Å². The van der Waals surface area contributed by atoms with E-state index >= 15 is 0 Å². The van der Waals surface area contributed by atoms with E-state index in [9.17, 15) is 13.2 Å². The van der Waals surface area contributed by atoms with Gasteiger partial charge in [-0.15, -0.1) is 0 Å². The van der Waals surface area contributed by atoms with Crippen molar-refractivity contribution in [3.8, 4) is 0 Å². The fourth-order valence-electron chi connectivity index (χ4n) is 3.56. The molecule has 31 heavy (non-hydrogen) atoms.